The average molecular weight is 286 g/mol. The third-order valence-electron chi connectivity index (χ3n) is 2.12. The SMILES string of the molecule is CCNCCNc1ccc(C(N)=O)c(Br)c1. The number of rotatable bonds is 6. The lowest BCUT2D eigenvalue weighted by atomic mass is 10.2. The van der Waals surface area contributed by atoms with Crippen molar-refractivity contribution >= 4 is 27.5 Å². The first-order valence-electron chi connectivity index (χ1n) is 5.19. The molecule has 0 fully saturated rings. The molecule has 0 spiro atoms. The van der Waals surface area contributed by atoms with Gasteiger partial charge >= 0.3 is 0 Å². The van der Waals surface area contributed by atoms with E-state index in [4.69, 9.17) is 5.73 Å². The lowest BCUT2D eigenvalue weighted by Gasteiger charge is -2.08. The van der Waals surface area contributed by atoms with E-state index in [0.29, 0.717) is 10.0 Å². The van der Waals surface area contributed by atoms with E-state index in [1.807, 2.05) is 12.1 Å². The van der Waals surface area contributed by atoms with Gasteiger partial charge in [-0.1, -0.05) is 6.92 Å². The number of carbonyl (C=O) groups excluding carboxylic acids is 1. The van der Waals surface area contributed by atoms with Crippen LogP contribution < -0.4 is 16.4 Å². The van der Waals surface area contributed by atoms with E-state index in [-0.39, 0.29) is 0 Å². The first kappa shape index (κ1) is 13.0. The first-order chi connectivity index (χ1) is 7.65. The van der Waals surface area contributed by atoms with E-state index in [9.17, 15) is 4.79 Å². The molecular weight excluding hydrogens is 270 g/mol. The fourth-order valence-corrected chi connectivity index (χ4v) is 1.87. The molecule has 0 atom stereocenters. The van der Waals surface area contributed by atoms with Crippen LogP contribution in [0, 0.1) is 0 Å². The molecule has 0 radical (unpaired) electrons. The van der Waals surface area contributed by atoms with Crippen LogP contribution in [0.3, 0.4) is 0 Å². The molecule has 5 heteroatoms. The molecule has 1 amide bonds. The number of amides is 1. The van der Waals surface area contributed by atoms with Gasteiger partial charge in [0.15, 0.2) is 0 Å². The van der Waals surface area contributed by atoms with Gasteiger partial charge < -0.3 is 16.4 Å². The zero-order valence-corrected chi connectivity index (χ0v) is 10.8. The van der Waals surface area contributed by atoms with E-state index < -0.39 is 5.91 Å². The summed E-state index contributed by atoms with van der Waals surface area (Å²) >= 11 is 3.31. The predicted octanol–water partition coefficient (Wildman–Crippen LogP) is 1.57. The normalized spacial score (nSPS) is 10.1. The van der Waals surface area contributed by atoms with E-state index in [1.54, 1.807) is 6.07 Å². The van der Waals surface area contributed by atoms with Crippen molar-refractivity contribution in [3.8, 4) is 0 Å². The summed E-state index contributed by atoms with van der Waals surface area (Å²) in [6.45, 7) is 4.78. The minimum absolute atomic E-state index is 0.425. The zero-order valence-electron chi connectivity index (χ0n) is 9.22. The number of primary amides is 1. The largest absolute Gasteiger partial charge is 0.384 e. The summed E-state index contributed by atoms with van der Waals surface area (Å²) in [4.78, 5) is 11.0. The Bertz CT molecular complexity index is 368. The Morgan fingerprint density at radius 2 is 2.19 bits per heavy atom. The maximum atomic E-state index is 11.0. The number of hydrogen-bond donors (Lipinski definition) is 3. The van der Waals surface area contributed by atoms with Gasteiger partial charge in [0, 0.05) is 23.2 Å². The molecule has 0 saturated heterocycles. The maximum absolute atomic E-state index is 11.0. The molecule has 4 nitrogen and oxygen atoms in total. The third kappa shape index (κ3) is 3.83. The van der Waals surface area contributed by atoms with Gasteiger partial charge in [0.1, 0.15) is 0 Å². The summed E-state index contributed by atoms with van der Waals surface area (Å²) in [5, 5.41) is 6.46. The van der Waals surface area contributed by atoms with Crippen LogP contribution in [0.15, 0.2) is 22.7 Å². The van der Waals surface area contributed by atoms with Gasteiger partial charge in [0.25, 0.3) is 0 Å². The Balaban J connectivity index is 2.56. The highest BCUT2D eigenvalue weighted by Crippen LogP contribution is 2.20. The quantitative estimate of drug-likeness (QED) is 0.695. The standard InChI is InChI=1S/C11H16BrN3O/c1-2-14-5-6-15-8-3-4-9(11(13)16)10(12)7-8/h3-4,7,14-15H,2,5-6H2,1H3,(H2,13,16). The molecule has 0 unspecified atom stereocenters. The van der Waals surface area contributed by atoms with Gasteiger partial charge in [-0.25, -0.2) is 0 Å². The molecule has 0 bridgehead atoms. The number of anilines is 1. The molecule has 0 heterocycles. The van der Waals surface area contributed by atoms with Crippen LogP contribution in [0.1, 0.15) is 17.3 Å². The molecule has 1 aromatic rings. The van der Waals surface area contributed by atoms with Crippen LogP contribution in [0.5, 0.6) is 0 Å². The number of carbonyl (C=O) groups is 1. The van der Waals surface area contributed by atoms with Crippen LogP contribution in [-0.2, 0) is 0 Å². The summed E-state index contributed by atoms with van der Waals surface area (Å²) < 4.78 is 0.716. The van der Waals surface area contributed by atoms with E-state index in [0.717, 1.165) is 25.3 Å². The van der Waals surface area contributed by atoms with E-state index in [1.165, 1.54) is 0 Å². The van der Waals surface area contributed by atoms with Gasteiger partial charge in [0.2, 0.25) is 5.91 Å². The Hall–Kier alpha value is -1.07. The van der Waals surface area contributed by atoms with Crippen LogP contribution in [0.25, 0.3) is 0 Å². The average Bonchev–Trinajstić information content (AvgIpc) is 2.24. The fraction of sp³-hybridized carbons (Fsp3) is 0.364. The van der Waals surface area contributed by atoms with Crippen LogP contribution in [-0.4, -0.2) is 25.5 Å². The smallest absolute Gasteiger partial charge is 0.249 e. The number of benzene rings is 1. The highest BCUT2D eigenvalue weighted by molar-refractivity contribution is 9.10. The molecule has 0 aliphatic rings. The second kappa shape index (κ2) is 6.50. The second-order valence-electron chi connectivity index (χ2n) is 3.34. The Labute approximate surface area is 104 Å². The van der Waals surface area contributed by atoms with E-state index >= 15 is 0 Å². The highest BCUT2D eigenvalue weighted by Gasteiger charge is 2.05. The van der Waals surface area contributed by atoms with Crippen LogP contribution >= 0.6 is 15.9 Å². The van der Waals surface area contributed by atoms with Gasteiger partial charge in [-0.05, 0) is 40.7 Å². The Morgan fingerprint density at radius 1 is 1.44 bits per heavy atom. The fourth-order valence-electron chi connectivity index (χ4n) is 1.30. The number of likely N-dealkylation sites (N-methyl/N-ethyl adjacent to an activating group) is 1. The van der Waals surface area contributed by atoms with Crippen molar-refractivity contribution in [2.45, 2.75) is 6.92 Å². The molecule has 1 aromatic carbocycles. The van der Waals surface area contributed by atoms with Gasteiger partial charge in [-0.2, -0.15) is 0 Å². The van der Waals surface area contributed by atoms with Crippen LogP contribution in [0.2, 0.25) is 0 Å². The van der Waals surface area contributed by atoms with Crippen molar-refractivity contribution in [2.24, 2.45) is 5.73 Å². The molecule has 0 aliphatic heterocycles. The Morgan fingerprint density at radius 3 is 2.75 bits per heavy atom. The highest BCUT2D eigenvalue weighted by atomic mass is 79.9. The summed E-state index contributed by atoms with van der Waals surface area (Å²) in [7, 11) is 0. The maximum Gasteiger partial charge on any atom is 0.249 e. The number of halogens is 1. The third-order valence-corrected chi connectivity index (χ3v) is 2.77. The van der Waals surface area contributed by atoms with Crippen molar-refractivity contribution in [3.05, 3.63) is 28.2 Å². The van der Waals surface area contributed by atoms with Crippen molar-refractivity contribution in [1.29, 1.82) is 0 Å². The minimum atomic E-state index is -0.425. The number of hydrogen-bond acceptors (Lipinski definition) is 3. The van der Waals surface area contributed by atoms with Gasteiger partial charge in [0.05, 0.1) is 5.56 Å². The van der Waals surface area contributed by atoms with Crippen molar-refractivity contribution in [3.63, 3.8) is 0 Å². The molecule has 16 heavy (non-hydrogen) atoms. The summed E-state index contributed by atoms with van der Waals surface area (Å²) in [5.74, 6) is -0.425. The Kier molecular flexibility index (Phi) is 5.28. The molecule has 4 N–H and O–H groups in total. The number of nitrogens with one attached hydrogen (secondary N) is 2. The molecule has 1 rings (SSSR count). The number of nitrogens with two attached hydrogens (primary N) is 1. The summed E-state index contributed by atoms with van der Waals surface area (Å²) in [6, 6.07) is 5.41. The second-order valence-corrected chi connectivity index (χ2v) is 4.19. The van der Waals surface area contributed by atoms with Crippen molar-refractivity contribution in [2.75, 3.05) is 25.0 Å². The lowest BCUT2D eigenvalue weighted by molar-refractivity contribution is 0.0999. The minimum Gasteiger partial charge on any atom is -0.384 e. The molecule has 0 aliphatic carbocycles. The van der Waals surface area contributed by atoms with Crippen molar-refractivity contribution < 1.29 is 4.79 Å². The van der Waals surface area contributed by atoms with E-state index in [2.05, 4.69) is 33.5 Å². The van der Waals surface area contributed by atoms with Crippen molar-refractivity contribution in [1.82, 2.24) is 5.32 Å². The predicted molar refractivity (Wildman–Crippen MR) is 69.7 cm³/mol. The van der Waals surface area contributed by atoms with Gasteiger partial charge in [-0.3, -0.25) is 4.79 Å². The molecular formula is C11H16BrN3O. The summed E-state index contributed by atoms with van der Waals surface area (Å²) in [6.07, 6.45) is 0. The monoisotopic (exact) mass is 285 g/mol. The topological polar surface area (TPSA) is 67.2 Å². The zero-order chi connectivity index (χ0) is 12.0. The molecule has 0 aromatic heterocycles. The van der Waals surface area contributed by atoms with Gasteiger partial charge in [-0.15, -0.1) is 0 Å². The first-order valence-corrected chi connectivity index (χ1v) is 5.98. The lowest BCUT2D eigenvalue weighted by Crippen LogP contribution is -2.21. The molecule has 0 saturated carbocycles. The molecule has 88 valence electrons. The van der Waals surface area contributed by atoms with Crippen LogP contribution in [0.4, 0.5) is 5.69 Å². The summed E-state index contributed by atoms with van der Waals surface area (Å²) in [5.41, 5.74) is 6.67.